The number of nitrogens with zero attached hydrogens (tertiary/aromatic N) is 1. The third-order valence-corrected chi connectivity index (χ3v) is 4.46. The number of halogens is 1. The number of rotatable bonds is 4. The molecular formula is C19H18FNO5. The number of carboxylic acid groups (broad SMARTS) is 1. The van der Waals surface area contributed by atoms with E-state index in [1.165, 1.54) is 25.2 Å². The first-order valence-electron chi connectivity index (χ1n) is 8.00. The molecule has 0 spiro atoms. The van der Waals surface area contributed by atoms with Gasteiger partial charge in [-0.2, -0.15) is 0 Å². The molecule has 0 fully saturated rings. The minimum Gasteiger partial charge on any atom is -0.493 e. The van der Waals surface area contributed by atoms with E-state index in [-0.39, 0.29) is 29.2 Å². The third-order valence-electron chi connectivity index (χ3n) is 4.46. The normalized spacial score (nSPS) is 13.1. The van der Waals surface area contributed by atoms with Gasteiger partial charge in [-0.3, -0.25) is 4.79 Å². The van der Waals surface area contributed by atoms with Crippen LogP contribution in [0, 0.1) is 5.82 Å². The SMILES string of the molecule is COc1cc(F)c(C(=O)N2CCc3ccc(C(=O)O)cc3C2)cc1OC. The second kappa shape index (κ2) is 7.03. The highest BCUT2D eigenvalue weighted by molar-refractivity contribution is 5.95. The number of methoxy groups -OCH3 is 2. The zero-order chi connectivity index (χ0) is 18.8. The minimum absolute atomic E-state index is 0.111. The average Bonchev–Trinajstić information content (AvgIpc) is 2.66. The molecule has 1 aliphatic rings. The minimum atomic E-state index is -1.03. The molecule has 1 N–H and O–H groups in total. The van der Waals surface area contributed by atoms with Gasteiger partial charge in [0.05, 0.1) is 25.3 Å². The van der Waals surface area contributed by atoms with E-state index in [9.17, 15) is 14.0 Å². The molecule has 0 unspecified atom stereocenters. The summed E-state index contributed by atoms with van der Waals surface area (Å²) < 4.78 is 24.5. The lowest BCUT2D eigenvalue weighted by Crippen LogP contribution is -2.36. The summed E-state index contributed by atoms with van der Waals surface area (Å²) in [6, 6.07) is 7.30. The van der Waals surface area contributed by atoms with Crippen LogP contribution in [-0.4, -0.2) is 42.6 Å². The first-order valence-corrected chi connectivity index (χ1v) is 8.00. The van der Waals surface area contributed by atoms with Crippen molar-refractivity contribution in [3.8, 4) is 11.5 Å². The maximum atomic E-state index is 14.4. The van der Waals surface area contributed by atoms with E-state index < -0.39 is 17.7 Å². The second-order valence-electron chi connectivity index (χ2n) is 5.95. The molecule has 0 radical (unpaired) electrons. The molecule has 2 aromatic rings. The van der Waals surface area contributed by atoms with Crippen LogP contribution >= 0.6 is 0 Å². The summed E-state index contributed by atoms with van der Waals surface area (Å²) in [6.07, 6.45) is 0.579. The first-order chi connectivity index (χ1) is 12.4. The standard InChI is InChI=1S/C19H18FNO5/c1-25-16-8-14(15(20)9-17(16)26-2)18(22)21-6-5-11-3-4-12(19(23)24)7-13(11)10-21/h3-4,7-9H,5-6,10H2,1-2H3,(H,23,24). The van der Waals surface area contributed by atoms with Gasteiger partial charge in [0.1, 0.15) is 5.82 Å². The van der Waals surface area contributed by atoms with Crippen LogP contribution in [-0.2, 0) is 13.0 Å². The zero-order valence-electron chi connectivity index (χ0n) is 14.4. The summed E-state index contributed by atoms with van der Waals surface area (Å²) in [6.45, 7) is 0.648. The predicted molar refractivity (Wildman–Crippen MR) is 91.3 cm³/mol. The lowest BCUT2D eigenvalue weighted by atomic mass is 9.96. The van der Waals surface area contributed by atoms with Gasteiger partial charge in [0.2, 0.25) is 0 Å². The summed E-state index contributed by atoms with van der Waals surface area (Å²) in [5.41, 5.74) is 1.80. The Labute approximate surface area is 149 Å². The Kier molecular flexibility index (Phi) is 4.79. The van der Waals surface area contributed by atoms with Crippen molar-refractivity contribution in [1.82, 2.24) is 4.90 Å². The van der Waals surface area contributed by atoms with Crippen molar-refractivity contribution in [2.45, 2.75) is 13.0 Å². The Balaban J connectivity index is 1.90. The summed E-state index contributed by atoms with van der Waals surface area (Å²) in [5, 5.41) is 9.13. The number of aromatic carboxylic acids is 1. The number of carboxylic acids is 1. The topological polar surface area (TPSA) is 76.1 Å². The molecule has 7 heteroatoms. The molecule has 1 amide bonds. The number of carbonyl (C=O) groups excluding carboxylic acids is 1. The van der Waals surface area contributed by atoms with Crippen molar-refractivity contribution in [2.75, 3.05) is 20.8 Å². The lowest BCUT2D eigenvalue weighted by molar-refractivity contribution is 0.0696. The van der Waals surface area contributed by atoms with Gasteiger partial charge in [-0.05, 0) is 35.7 Å². The van der Waals surface area contributed by atoms with Crippen molar-refractivity contribution in [1.29, 1.82) is 0 Å². The van der Waals surface area contributed by atoms with Crippen LogP contribution in [0.25, 0.3) is 0 Å². The molecule has 0 saturated carbocycles. The van der Waals surface area contributed by atoms with Crippen LogP contribution in [0.1, 0.15) is 31.8 Å². The highest BCUT2D eigenvalue weighted by Gasteiger charge is 2.26. The van der Waals surface area contributed by atoms with Crippen molar-refractivity contribution >= 4 is 11.9 Å². The van der Waals surface area contributed by atoms with Gasteiger partial charge in [0.15, 0.2) is 11.5 Å². The maximum absolute atomic E-state index is 14.4. The molecule has 136 valence electrons. The molecule has 0 bridgehead atoms. The molecular weight excluding hydrogens is 341 g/mol. The number of amides is 1. The van der Waals surface area contributed by atoms with E-state index in [0.717, 1.165) is 17.2 Å². The van der Waals surface area contributed by atoms with Gasteiger partial charge in [-0.25, -0.2) is 9.18 Å². The van der Waals surface area contributed by atoms with Crippen molar-refractivity contribution in [3.05, 3.63) is 58.4 Å². The highest BCUT2D eigenvalue weighted by atomic mass is 19.1. The van der Waals surface area contributed by atoms with Crippen LogP contribution in [0.3, 0.4) is 0 Å². The average molecular weight is 359 g/mol. The van der Waals surface area contributed by atoms with E-state index in [0.29, 0.717) is 13.0 Å². The first kappa shape index (κ1) is 17.7. The largest absolute Gasteiger partial charge is 0.493 e. The summed E-state index contributed by atoms with van der Waals surface area (Å²) in [4.78, 5) is 25.4. The Bertz CT molecular complexity index is 880. The second-order valence-corrected chi connectivity index (χ2v) is 5.95. The van der Waals surface area contributed by atoms with Gasteiger partial charge >= 0.3 is 5.97 Å². The predicted octanol–water partition coefficient (Wildman–Crippen LogP) is 2.74. The van der Waals surface area contributed by atoms with E-state index in [1.54, 1.807) is 18.2 Å². The number of ether oxygens (including phenoxy) is 2. The van der Waals surface area contributed by atoms with Crippen LogP contribution in [0.2, 0.25) is 0 Å². The molecule has 0 saturated heterocycles. The number of benzene rings is 2. The van der Waals surface area contributed by atoms with Crippen molar-refractivity contribution < 1.29 is 28.6 Å². The third kappa shape index (κ3) is 3.20. The van der Waals surface area contributed by atoms with Crippen molar-refractivity contribution in [2.24, 2.45) is 0 Å². The van der Waals surface area contributed by atoms with E-state index >= 15 is 0 Å². The molecule has 0 aliphatic carbocycles. The molecule has 1 aliphatic heterocycles. The molecule has 6 nitrogen and oxygen atoms in total. The molecule has 3 rings (SSSR count). The maximum Gasteiger partial charge on any atom is 0.335 e. The monoisotopic (exact) mass is 359 g/mol. The lowest BCUT2D eigenvalue weighted by Gasteiger charge is -2.29. The molecule has 2 aromatic carbocycles. The Morgan fingerprint density at radius 2 is 1.77 bits per heavy atom. The quantitative estimate of drug-likeness (QED) is 0.908. The Hall–Kier alpha value is -3.09. The van der Waals surface area contributed by atoms with Crippen LogP contribution in [0.5, 0.6) is 11.5 Å². The summed E-state index contributed by atoms with van der Waals surface area (Å²) >= 11 is 0. The molecule has 0 atom stereocenters. The summed E-state index contributed by atoms with van der Waals surface area (Å²) in [5.74, 6) is -1.73. The number of fused-ring (bicyclic) bond motifs is 1. The number of hydrogen-bond donors (Lipinski definition) is 1. The fourth-order valence-corrected chi connectivity index (χ4v) is 3.05. The van der Waals surface area contributed by atoms with Gasteiger partial charge in [0.25, 0.3) is 5.91 Å². The molecule has 0 aromatic heterocycles. The van der Waals surface area contributed by atoms with E-state index in [4.69, 9.17) is 14.6 Å². The van der Waals surface area contributed by atoms with E-state index in [1.807, 2.05) is 0 Å². The van der Waals surface area contributed by atoms with Gasteiger partial charge in [-0.1, -0.05) is 6.07 Å². The van der Waals surface area contributed by atoms with Gasteiger partial charge < -0.3 is 19.5 Å². The molecule has 1 heterocycles. The zero-order valence-corrected chi connectivity index (χ0v) is 14.4. The Morgan fingerprint density at radius 3 is 2.42 bits per heavy atom. The van der Waals surface area contributed by atoms with E-state index in [2.05, 4.69) is 0 Å². The van der Waals surface area contributed by atoms with Gasteiger partial charge in [-0.15, -0.1) is 0 Å². The fraction of sp³-hybridized carbons (Fsp3) is 0.263. The highest BCUT2D eigenvalue weighted by Crippen LogP contribution is 2.31. The summed E-state index contributed by atoms with van der Waals surface area (Å²) in [7, 11) is 2.80. The Morgan fingerprint density at radius 1 is 1.08 bits per heavy atom. The van der Waals surface area contributed by atoms with Crippen LogP contribution in [0.4, 0.5) is 4.39 Å². The van der Waals surface area contributed by atoms with Crippen LogP contribution in [0.15, 0.2) is 30.3 Å². The van der Waals surface area contributed by atoms with Crippen LogP contribution < -0.4 is 9.47 Å². The smallest absolute Gasteiger partial charge is 0.335 e. The molecule has 26 heavy (non-hydrogen) atoms. The van der Waals surface area contributed by atoms with Crippen molar-refractivity contribution in [3.63, 3.8) is 0 Å². The van der Waals surface area contributed by atoms with Gasteiger partial charge in [0, 0.05) is 19.2 Å². The number of hydrogen-bond acceptors (Lipinski definition) is 4. The number of carbonyl (C=O) groups is 2. The fourth-order valence-electron chi connectivity index (χ4n) is 3.05.